The maximum Gasteiger partial charge on any atom is 0.319 e. The second-order valence-electron chi connectivity index (χ2n) is 6.67. The van der Waals surface area contributed by atoms with Gasteiger partial charge < -0.3 is 4.74 Å². The lowest BCUT2D eigenvalue weighted by atomic mass is 10.2. The minimum atomic E-state index is -0.280. The Labute approximate surface area is 168 Å². The highest BCUT2D eigenvalue weighted by Crippen LogP contribution is 2.32. The molecule has 28 heavy (non-hydrogen) atoms. The zero-order valence-corrected chi connectivity index (χ0v) is 16.9. The molecule has 4 aromatic rings. The Morgan fingerprint density at radius 1 is 1.07 bits per heavy atom. The summed E-state index contributed by atoms with van der Waals surface area (Å²) in [6.07, 6.45) is 2.77. The molecule has 0 aliphatic rings. The number of fused-ring (bicyclic) bond motifs is 5. The average Bonchev–Trinajstić information content (AvgIpc) is 3.11. The number of unbranched alkanes of at least 4 members (excludes halogenated alkanes) is 1. The van der Waals surface area contributed by atoms with Crippen molar-refractivity contribution in [2.45, 2.75) is 43.5 Å². The van der Waals surface area contributed by atoms with Crippen LogP contribution >= 0.6 is 11.8 Å². The first kappa shape index (κ1) is 18.7. The van der Waals surface area contributed by atoms with E-state index >= 15 is 0 Å². The monoisotopic (exact) mass is 393 g/mol. The molecule has 0 bridgehead atoms. The predicted molar refractivity (Wildman–Crippen MR) is 114 cm³/mol. The number of benzene rings is 2. The summed E-state index contributed by atoms with van der Waals surface area (Å²) in [7, 11) is 0. The van der Waals surface area contributed by atoms with Crippen molar-refractivity contribution in [3.05, 3.63) is 48.5 Å². The highest BCUT2D eigenvalue weighted by atomic mass is 32.2. The van der Waals surface area contributed by atoms with Crippen molar-refractivity contribution in [2.24, 2.45) is 0 Å². The van der Waals surface area contributed by atoms with Crippen LogP contribution in [0.25, 0.3) is 27.6 Å². The average molecular weight is 394 g/mol. The first-order valence-electron chi connectivity index (χ1n) is 9.72. The molecule has 144 valence electrons. The topological polar surface area (TPSA) is 56.5 Å². The predicted octanol–water partition coefficient (Wildman–Crippen LogP) is 5.25. The van der Waals surface area contributed by atoms with E-state index in [0.29, 0.717) is 6.61 Å². The summed E-state index contributed by atoms with van der Waals surface area (Å²) in [4.78, 5) is 22.3. The van der Waals surface area contributed by atoms with E-state index in [-0.39, 0.29) is 11.2 Å². The maximum atomic E-state index is 12.6. The molecule has 1 atom stereocenters. The zero-order chi connectivity index (χ0) is 19.5. The molecule has 2 aromatic carbocycles. The minimum absolute atomic E-state index is 0.173. The highest BCUT2D eigenvalue weighted by Gasteiger charge is 2.24. The Morgan fingerprint density at radius 2 is 1.82 bits per heavy atom. The molecule has 0 N–H and O–H groups in total. The van der Waals surface area contributed by atoms with Crippen LogP contribution in [0.4, 0.5) is 0 Å². The smallest absolute Gasteiger partial charge is 0.319 e. The number of imidazole rings is 1. The van der Waals surface area contributed by atoms with Crippen molar-refractivity contribution in [3.63, 3.8) is 0 Å². The molecular formula is C22H23N3O2S. The van der Waals surface area contributed by atoms with Gasteiger partial charge in [0.25, 0.3) is 0 Å². The summed E-state index contributed by atoms with van der Waals surface area (Å²) in [5.74, 6) is -0.173. The third kappa shape index (κ3) is 3.44. The van der Waals surface area contributed by atoms with Crippen LogP contribution in [0.15, 0.2) is 53.7 Å². The van der Waals surface area contributed by atoms with Crippen LogP contribution in [0, 0.1) is 0 Å². The van der Waals surface area contributed by atoms with E-state index in [1.54, 1.807) is 0 Å². The summed E-state index contributed by atoms with van der Waals surface area (Å²) < 4.78 is 7.40. The summed E-state index contributed by atoms with van der Waals surface area (Å²) in [5.41, 5.74) is 3.67. The Balaban J connectivity index is 1.89. The number of hydrogen-bond donors (Lipinski definition) is 0. The second kappa shape index (κ2) is 8.19. The lowest BCUT2D eigenvalue weighted by Crippen LogP contribution is -2.21. The van der Waals surface area contributed by atoms with Gasteiger partial charge in [0, 0.05) is 5.39 Å². The molecule has 0 spiro atoms. The number of thioether (sulfide) groups is 1. The molecule has 0 aliphatic heterocycles. The first-order chi connectivity index (χ1) is 13.7. The van der Waals surface area contributed by atoms with Crippen LogP contribution in [0.1, 0.15) is 33.1 Å². The maximum absolute atomic E-state index is 12.6. The third-order valence-corrected chi connectivity index (χ3v) is 5.93. The molecule has 1 unspecified atom stereocenters. The minimum Gasteiger partial charge on any atom is -0.465 e. The normalized spacial score (nSPS) is 12.6. The molecule has 0 aliphatic carbocycles. The number of para-hydroxylation sites is 3. The van der Waals surface area contributed by atoms with E-state index in [0.717, 1.165) is 52.0 Å². The van der Waals surface area contributed by atoms with Gasteiger partial charge in [0.15, 0.2) is 5.16 Å². The number of rotatable bonds is 7. The summed E-state index contributed by atoms with van der Waals surface area (Å²) in [6.45, 7) is 4.36. The van der Waals surface area contributed by atoms with Crippen LogP contribution < -0.4 is 0 Å². The van der Waals surface area contributed by atoms with Gasteiger partial charge in [-0.2, -0.15) is 0 Å². The standard InChI is InChI=1S/C22H23N3O2S/c1-3-5-14-19(21(26)27-4-2)28-22-24-16-11-7-6-10-15(16)20-23-17-12-8-9-13-18(17)25(20)22/h6-13,19H,3-5,14H2,1-2H3. The second-order valence-corrected chi connectivity index (χ2v) is 7.84. The molecule has 2 heterocycles. The molecular weight excluding hydrogens is 370 g/mol. The SMILES string of the molecule is CCCCC(Sc1nc2ccccc2c2nc3ccccc3n12)C(=O)OCC. The van der Waals surface area contributed by atoms with Crippen LogP contribution in [0.3, 0.4) is 0 Å². The van der Waals surface area contributed by atoms with Gasteiger partial charge in [0.2, 0.25) is 0 Å². The van der Waals surface area contributed by atoms with Crippen LogP contribution in [0.5, 0.6) is 0 Å². The Kier molecular flexibility index (Phi) is 5.48. The molecule has 2 aromatic heterocycles. The number of carbonyl (C=O) groups excluding carboxylic acids is 1. The van der Waals surface area contributed by atoms with Crippen molar-refractivity contribution in [3.8, 4) is 0 Å². The Morgan fingerprint density at radius 3 is 2.61 bits per heavy atom. The van der Waals surface area contributed by atoms with E-state index in [2.05, 4.69) is 11.3 Å². The molecule has 0 saturated carbocycles. The Hall–Kier alpha value is -2.60. The van der Waals surface area contributed by atoms with E-state index in [1.807, 2.05) is 55.5 Å². The van der Waals surface area contributed by atoms with E-state index in [9.17, 15) is 4.79 Å². The fraction of sp³-hybridized carbons (Fsp3) is 0.318. The van der Waals surface area contributed by atoms with Gasteiger partial charge in [-0.05, 0) is 37.6 Å². The number of hydrogen-bond acceptors (Lipinski definition) is 5. The summed E-state index contributed by atoms with van der Waals surface area (Å²) in [5, 5.41) is 1.50. The molecule has 0 fully saturated rings. The summed E-state index contributed by atoms with van der Waals surface area (Å²) in [6, 6.07) is 16.0. The fourth-order valence-electron chi connectivity index (χ4n) is 3.37. The van der Waals surface area contributed by atoms with Crippen molar-refractivity contribution >= 4 is 45.3 Å². The molecule has 0 amide bonds. The Bertz CT molecular complexity index is 1140. The lowest BCUT2D eigenvalue weighted by molar-refractivity contribution is -0.142. The van der Waals surface area contributed by atoms with Crippen LogP contribution in [-0.2, 0) is 9.53 Å². The van der Waals surface area contributed by atoms with E-state index < -0.39 is 0 Å². The molecule has 0 radical (unpaired) electrons. The van der Waals surface area contributed by atoms with Crippen molar-refractivity contribution < 1.29 is 9.53 Å². The van der Waals surface area contributed by atoms with Crippen LogP contribution in [0.2, 0.25) is 0 Å². The first-order valence-corrected chi connectivity index (χ1v) is 10.6. The number of esters is 1. The molecule has 0 saturated heterocycles. The highest BCUT2D eigenvalue weighted by molar-refractivity contribution is 8.00. The number of ether oxygens (including phenoxy) is 1. The van der Waals surface area contributed by atoms with Crippen molar-refractivity contribution in [1.29, 1.82) is 0 Å². The van der Waals surface area contributed by atoms with Gasteiger partial charge in [0.1, 0.15) is 10.9 Å². The molecule has 4 rings (SSSR count). The zero-order valence-electron chi connectivity index (χ0n) is 16.1. The third-order valence-electron chi connectivity index (χ3n) is 4.73. The van der Waals surface area contributed by atoms with Gasteiger partial charge in [-0.3, -0.25) is 9.20 Å². The van der Waals surface area contributed by atoms with Gasteiger partial charge >= 0.3 is 5.97 Å². The van der Waals surface area contributed by atoms with Crippen molar-refractivity contribution in [1.82, 2.24) is 14.4 Å². The summed E-state index contributed by atoms with van der Waals surface area (Å²) >= 11 is 1.48. The van der Waals surface area contributed by atoms with Gasteiger partial charge in [-0.25, -0.2) is 9.97 Å². The van der Waals surface area contributed by atoms with Gasteiger partial charge in [0.05, 0.1) is 23.2 Å². The number of carbonyl (C=O) groups is 1. The van der Waals surface area contributed by atoms with Gasteiger partial charge in [-0.15, -0.1) is 0 Å². The number of nitrogens with zero attached hydrogens (tertiary/aromatic N) is 3. The van der Waals surface area contributed by atoms with Gasteiger partial charge in [-0.1, -0.05) is 55.8 Å². The largest absolute Gasteiger partial charge is 0.465 e. The van der Waals surface area contributed by atoms with Crippen LogP contribution in [-0.4, -0.2) is 32.2 Å². The van der Waals surface area contributed by atoms with E-state index in [4.69, 9.17) is 14.7 Å². The lowest BCUT2D eigenvalue weighted by Gasteiger charge is -2.16. The molecule has 6 heteroatoms. The molecule has 5 nitrogen and oxygen atoms in total. The van der Waals surface area contributed by atoms with E-state index in [1.165, 1.54) is 11.8 Å². The van der Waals surface area contributed by atoms with Crippen molar-refractivity contribution in [2.75, 3.05) is 6.61 Å². The quantitative estimate of drug-likeness (QED) is 0.244. The number of aromatic nitrogens is 3. The fourth-order valence-corrected chi connectivity index (χ4v) is 4.51.